The first kappa shape index (κ1) is 12.8. The van der Waals surface area contributed by atoms with Crippen LogP contribution >= 0.6 is 0 Å². The summed E-state index contributed by atoms with van der Waals surface area (Å²) in [6.45, 7) is 3.64. The third kappa shape index (κ3) is 2.08. The number of aromatic nitrogens is 1. The maximum Gasteiger partial charge on any atom is 0.270 e. The molecular formula is C14H15N3O3. The van der Waals surface area contributed by atoms with Crippen molar-refractivity contribution in [3.8, 4) is 0 Å². The molecule has 0 saturated carbocycles. The van der Waals surface area contributed by atoms with Gasteiger partial charge in [-0.1, -0.05) is 0 Å². The summed E-state index contributed by atoms with van der Waals surface area (Å²) < 4.78 is 0. The van der Waals surface area contributed by atoms with E-state index in [2.05, 4.69) is 9.88 Å². The van der Waals surface area contributed by atoms with Gasteiger partial charge in [0.05, 0.1) is 10.4 Å². The first-order valence-corrected chi connectivity index (χ1v) is 6.50. The lowest BCUT2D eigenvalue weighted by molar-refractivity contribution is -0.384. The molecule has 1 fully saturated rings. The molecule has 2 heterocycles. The van der Waals surface area contributed by atoms with E-state index in [1.54, 1.807) is 12.1 Å². The van der Waals surface area contributed by atoms with Crippen molar-refractivity contribution in [3.63, 3.8) is 0 Å². The quantitative estimate of drug-likeness (QED) is 0.682. The molecule has 1 N–H and O–H groups in total. The maximum atomic E-state index is 10.9. The Bertz CT molecular complexity index is 681. The third-order valence-corrected chi connectivity index (χ3v) is 3.67. The van der Waals surface area contributed by atoms with Crippen LogP contribution in [0.2, 0.25) is 0 Å². The van der Waals surface area contributed by atoms with Crippen molar-refractivity contribution in [1.29, 1.82) is 0 Å². The van der Waals surface area contributed by atoms with E-state index in [1.807, 2.05) is 13.0 Å². The molecule has 1 saturated heterocycles. The molecule has 104 valence electrons. The minimum atomic E-state index is -0.393. The summed E-state index contributed by atoms with van der Waals surface area (Å²) in [5, 5.41) is 20.8. The van der Waals surface area contributed by atoms with E-state index in [9.17, 15) is 10.1 Å². The Labute approximate surface area is 115 Å². The Morgan fingerprint density at radius 2 is 2.20 bits per heavy atom. The molecule has 0 amide bonds. The molecule has 1 aromatic heterocycles. The zero-order chi connectivity index (χ0) is 14.3. The third-order valence-electron chi connectivity index (χ3n) is 3.67. The fourth-order valence-corrected chi connectivity index (χ4v) is 2.58. The van der Waals surface area contributed by atoms with Crippen LogP contribution < -0.4 is 4.90 Å². The second-order valence-corrected chi connectivity index (χ2v) is 5.19. The zero-order valence-electron chi connectivity index (χ0n) is 11.1. The number of aliphatic hydroxyl groups excluding tert-OH is 1. The highest BCUT2D eigenvalue weighted by molar-refractivity contribution is 5.93. The molecule has 6 heteroatoms. The standard InChI is InChI=1S/C14H15N3O3/c1-9-4-14(16-6-10(7-16)8-18)12-5-11(17(19)20)2-3-13(12)15-9/h2-5,10,18H,6-8H2,1H3. The van der Waals surface area contributed by atoms with Gasteiger partial charge in [0.25, 0.3) is 5.69 Å². The number of hydrogen-bond acceptors (Lipinski definition) is 5. The van der Waals surface area contributed by atoms with Crippen molar-refractivity contribution < 1.29 is 10.0 Å². The molecule has 1 aliphatic heterocycles. The number of aliphatic hydroxyl groups is 1. The summed E-state index contributed by atoms with van der Waals surface area (Å²) in [7, 11) is 0. The second-order valence-electron chi connectivity index (χ2n) is 5.19. The lowest BCUT2D eigenvalue weighted by Gasteiger charge is -2.40. The predicted octanol–water partition coefficient (Wildman–Crippen LogP) is 1.88. The van der Waals surface area contributed by atoms with Crippen molar-refractivity contribution in [3.05, 3.63) is 40.1 Å². The smallest absolute Gasteiger partial charge is 0.270 e. The van der Waals surface area contributed by atoms with E-state index in [0.29, 0.717) is 0 Å². The van der Waals surface area contributed by atoms with Gasteiger partial charge in [-0.2, -0.15) is 0 Å². The molecule has 20 heavy (non-hydrogen) atoms. The van der Waals surface area contributed by atoms with E-state index in [-0.39, 0.29) is 18.2 Å². The minimum Gasteiger partial charge on any atom is -0.396 e. The predicted molar refractivity (Wildman–Crippen MR) is 75.9 cm³/mol. The fourth-order valence-electron chi connectivity index (χ4n) is 2.58. The summed E-state index contributed by atoms with van der Waals surface area (Å²) in [5.41, 5.74) is 2.68. The fraction of sp³-hybridized carbons (Fsp3) is 0.357. The largest absolute Gasteiger partial charge is 0.396 e. The van der Waals surface area contributed by atoms with Crippen LogP contribution in [0.15, 0.2) is 24.3 Å². The topological polar surface area (TPSA) is 79.5 Å². The Morgan fingerprint density at radius 3 is 2.85 bits per heavy atom. The molecule has 1 aromatic carbocycles. The molecule has 0 radical (unpaired) electrons. The van der Waals surface area contributed by atoms with E-state index in [0.717, 1.165) is 35.4 Å². The van der Waals surface area contributed by atoms with Gasteiger partial charge in [0.1, 0.15) is 0 Å². The first-order chi connectivity index (χ1) is 9.58. The molecule has 1 aliphatic rings. The number of anilines is 1. The van der Waals surface area contributed by atoms with Gasteiger partial charge in [0.15, 0.2) is 0 Å². The van der Waals surface area contributed by atoms with Crippen molar-refractivity contribution >= 4 is 22.3 Å². The van der Waals surface area contributed by atoms with Gasteiger partial charge in [0, 0.05) is 54.5 Å². The molecule has 0 atom stereocenters. The van der Waals surface area contributed by atoms with E-state index in [1.165, 1.54) is 6.07 Å². The van der Waals surface area contributed by atoms with Crippen LogP contribution in [0, 0.1) is 23.0 Å². The number of rotatable bonds is 3. The maximum absolute atomic E-state index is 10.9. The number of nitro groups is 1. The van der Waals surface area contributed by atoms with Crippen LogP contribution in [-0.2, 0) is 0 Å². The Balaban J connectivity index is 2.09. The Kier molecular flexibility index (Phi) is 3.02. The SMILES string of the molecule is Cc1cc(N2CC(CO)C2)c2cc([N+](=O)[O-])ccc2n1. The van der Waals surface area contributed by atoms with E-state index >= 15 is 0 Å². The van der Waals surface area contributed by atoms with Gasteiger partial charge in [-0.15, -0.1) is 0 Å². The van der Waals surface area contributed by atoms with Crippen LogP contribution in [0.5, 0.6) is 0 Å². The number of nitro benzene ring substituents is 1. The summed E-state index contributed by atoms with van der Waals surface area (Å²) in [5.74, 6) is 0.289. The Hall–Kier alpha value is -2.21. The number of fused-ring (bicyclic) bond motifs is 1. The summed E-state index contributed by atoms with van der Waals surface area (Å²) in [4.78, 5) is 17.1. The van der Waals surface area contributed by atoms with Gasteiger partial charge in [-0.25, -0.2) is 0 Å². The second kappa shape index (κ2) is 4.72. The number of hydrogen-bond donors (Lipinski definition) is 1. The van der Waals surface area contributed by atoms with Gasteiger partial charge in [-0.3, -0.25) is 15.1 Å². The van der Waals surface area contributed by atoms with Crippen molar-refractivity contribution in [2.45, 2.75) is 6.92 Å². The highest BCUT2D eigenvalue weighted by atomic mass is 16.6. The molecule has 0 bridgehead atoms. The molecule has 0 aliphatic carbocycles. The number of nitrogens with zero attached hydrogens (tertiary/aromatic N) is 3. The summed E-state index contributed by atoms with van der Waals surface area (Å²) >= 11 is 0. The average Bonchev–Trinajstić information content (AvgIpc) is 2.36. The lowest BCUT2D eigenvalue weighted by Crippen LogP contribution is -2.48. The molecule has 2 aromatic rings. The van der Waals surface area contributed by atoms with Crippen LogP contribution in [-0.4, -0.2) is 34.7 Å². The number of aryl methyl sites for hydroxylation is 1. The number of benzene rings is 1. The first-order valence-electron chi connectivity index (χ1n) is 6.50. The highest BCUT2D eigenvalue weighted by Gasteiger charge is 2.28. The molecule has 3 rings (SSSR count). The van der Waals surface area contributed by atoms with Crippen molar-refractivity contribution in [2.24, 2.45) is 5.92 Å². The molecular weight excluding hydrogens is 258 g/mol. The normalized spacial score (nSPS) is 15.4. The molecule has 6 nitrogen and oxygen atoms in total. The highest BCUT2D eigenvalue weighted by Crippen LogP contribution is 2.33. The minimum absolute atomic E-state index is 0.0728. The zero-order valence-corrected chi connectivity index (χ0v) is 11.1. The summed E-state index contributed by atoms with van der Waals surface area (Å²) in [6, 6.07) is 6.68. The van der Waals surface area contributed by atoms with E-state index in [4.69, 9.17) is 5.11 Å². The lowest BCUT2D eigenvalue weighted by atomic mass is 9.99. The van der Waals surface area contributed by atoms with E-state index < -0.39 is 4.92 Å². The number of non-ortho nitro benzene ring substituents is 1. The molecule has 0 spiro atoms. The average molecular weight is 273 g/mol. The Morgan fingerprint density at radius 1 is 1.45 bits per heavy atom. The van der Waals surface area contributed by atoms with Gasteiger partial charge in [-0.05, 0) is 19.1 Å². The van der Waals surface area contributed by atoms with Crippen LogP contribution in [0.25, 0.3) is 10.9 Å². The van der Waals surface area contributed by atoms with Gasteiger partial charge in [0.2, 0.25) is 0 Å². The van der Waals surface area contributed by atoms with Crippen molar-refractivity contribution in [1.82, 2.24) is 4.98 Å². The monoisotopic (exact) mass is 273 g/mol. The molecule has 0 unspecified atom stereocenters. The van der Waals surface area contributed by atoms with Crippen LogP contribution in [0.4, 0.5) is 11.4 Å². The van der Waals surface area contributed by atoms with Gasteiger partial charge >= 0.3 is 0 Å². The van der Waals surface area contributed by atoms with Crippen LogP contribution in [0.1, 0.15) is 5.69 Å². The van der Waals surface area contributed by atoms with Crippen molar-refractivity contribution in [2.75, 3.05) is 24.6 Å². The van der Waals surface area contributed by atoms with Gasteiger partial charge < -0.3 is 10.0 Å². The van der Waals surface area contributed by atoms with Crippen LogP contribution in [0.3, 0.4) is 0 Å². The number of pyridine rings is 1. The summed E-state index contributed by atoms with van der Waals surface area (Å²) in [6.07, 6.45) is 0.